The average molecular weight is 428 g/mol. The fraction of sp³-hybridized carbons (Fsp3) is 0.167. The van der Waals surface area contributed by atoms with Crippen LogP contribution in [-0.2, 0) is 6.54 Å². The molecule has 0 fully saturated rings. The zero-order valence-electron chi connectivity index (χ0n) is 18.2. The SMILES string of the molecule is COc1ccc(-c2nc(NCc3ccc(N(C)C)cc3)n(C(=O)c3ccncc3)n2)cc1. The summed E-state index contributed by atoms with van der Waals surface area (Å²) in [5.41, 5.74) is 3.44. The van der Waals surface area contributed by atoms with Crippen molar-refractivity contribution < 1.29 is 9.53 Å². The number of benzene rings is 2. The maximum Gasteiger partial charge on any atom is 0.281 e. The van der Waals surface area contributed by atoms with Crippen LogP contribution in [0.1, 0.15) is 15.9 Å². The second-order valence-corrected chi connectivity index (χ2v) is 7.35. The highest BCUT2D eigenvalue weighted by Gasteiger charge is 2.19. The van der Waals surface area contributed by atoms with Crippen molar-refractivity contribution in [2.24, 2.45) is 0 Å². The molecule has 32 heavy (non-hydrogen) atoms. The van der Waals surface area contributed by atoms with Crippen LogP contribution in [0.3, 0.4) is 0 Å². The van der Waals surface area contributed by atoms with Crippen LogP contribution in [0.2, 0.25) is 0 Å². The van der Waals surface area contributed by atoms with Gasteiger partial charge in [0.1, 0.15) is 5.75 Å². The first kappa shape index (κ1) is 21.0. The molecule has 0 atom stereocenters. The Morgan fingerprint density at radius 1 is 1.00 bits per heavy atom. The Morgan fingerprint density at radius 3 is 2.31 bits per heavy atom. The summed E-state index contributed by atoms with van der Waals surface area (Å²) in [6.45, 7) is 0.498. The molecule has 4 aromatic rings. The second-order valence-electron chi connectivity index (χ2n) is 7.35. The highest BCUT2D eigenvalue weighted by Crippen LogP contribution is 2.22. The quantitative estimate of drug-likeness (QED) is 0.480. The third-order valence-electron chi connectivity index (χ3n) is 4.98. The third kappa shape index (κ3) is 4.59. The van der Waals surface area contributed by atoms with Gasteiger partial charge in [-0.25, -0.2) is 0 Å². The summed E-state index contributed by atoms with van der Waals surface area (Å²) in [6.07, 6.45) is 3.15. The predicted octanol–water partition coefficient (Wildman–Crippen LogP) is 3.72. The van der Waals surface area contributed by atoms with Crippen molar-refractivity contribution in [2.75, 3.05) is 31.4 Å². The number of hydrogen-bond acceptors (Lipinski definition) is 7. The van der Waals surface area contributed by atoms with Gasteiger partial charge in [-0.1, -0.05) is 12.1 Å². The van der Waals surface area contributed by atoms with Gasteiger partial charge in [0, 0.05) is 49.8 Å². The third-order valence-corrected chi connectivity index (χ3v) is 4.98. The number of nitrogens with zero attached hydrogens (tertiary/aromatic N) is 5. The van der Waals surface area contributed by atoms with E-state index in [1.54, 1.807) is 31.6 Å². The molecule has 0 saturated carbocycles. The first-order valence-corrected chi connectivity index (χ1v) is 10.1. The molecule has 0 spiro atoms. The van der Waals surface area contributed by atoms with E-state index in [1.807, 2.05) is 67.5 Å². The number of hydrogen-bond donors (Lipinski definition) is 1. The summed E-state index contributed by atoms with van der Waals surface area (Å²) in [6, 6.07) is 18.9. The van der Waals surface area contributed by atoms with Crippen molar-refractivity contribution in [1.82, 2.24) is 19.7 Å². The van der Waals surface area contributed by atoms with Crippen LogP contribution >= 0.6 is 0 Å². The molecule has 162 valence electrons. The molecule has 0 radical (unpaired) electrons. The van der Waals surface area contributed by atoms with Gasteiger partial charge in [0.25, 0.3) is 5.91 Å². The van der Waals surface area contributed by atoms with Crippen LogP contribution in [0, 0.1) is 0 Å². The molecule has 0 aliphatic rings. The molecule has 0 unspecified atom stereocenters. The predicted molar refractivity (Wildman–Crippen MR) is 124 cm³/mol. The number of aromatic nitrogens is 4. The van der Waals surface area contributed by atoms with Crippen molar-refractivity contribution in [2.45, 2.75) is 6.54 Å². The van der Waals surface area contributed by atoms with Crippen LogP contribution in [0.4, 0.5) is 11.6 Å². The maximum atomic E-state index is 13.1. The number of rotatable bonds is 7. The van der Waals surface area contributed by atoms with Crippen LogP contribution in [0.25, 0.3) is 11.4 Å². The lowest BCUT2D eigenvalue weighted by Crippen LogP contribution is -2.17. The van der Waals surface area contributed by atoms with Gasteiger partial charge in [-0.05, 0) is 54.1 Å². The lowest BCUT2D eigenvalue weighted by atomic mass is 10.2. The van der Waals surface area contributed by atoms with E-state index in [-0.39, 0.29) is 5.91 Å². The topological polar surface area (TPSA) is 85.2 Å². The zero-order valence-corrected chi connectivity index (χ0v) is 18.2. The maximum absolute atomic E-state index is 13.1. The van der Waals surface area contributed by atoms with Crippen LogP contribution in [0.5, 0.6) is 5.75 Å². The van der Waals surface area contributed by atoms with Gasteiger partial charge in [-0.3, -0.25) is 9.78 Å². The molecule has 8 nitrogen and oxygen atoms in total. The molecule has 0 amide bonds. The highest BCUT2D eigenvalue weighted by atomic mass is 16.5. The fourth-order valence-electron chi connectivity index (χ4n) is 3.14. The Balaban J connectivity index is 1.63. The molecule has 0 aliphatic heterocycles. The van der Waals surface area contributed by atoms with Crippen molar-refractivity contribution >= 4 is 17.5 Å². The van der Waals surface area contributed by atoms with Gasteiger partial charge < -0.3 is 15.0 Å². The van der Waals surface area contributed by atoms with Gasteiger partial charge in [-0.15, -0.1) is 5.10 Å². The molecule has 2 aromatic carbocycles. The minimum Gasteiger partial charge on any atom is -0.497 e. The first-order valence-electron chi connectivity index (χ1n) is 10.1. The Kier molecular flexibility index (Phi) is 6.12. The molecule has 4 rings (SSSR count). The van der Waals surface area contributed by atoms with E-state index < -0.39 is 0 Å². The molecule has 2 aromatic heterocycles. The monoisotopic (exact) mass is 428 g/mol. The van der Waals surface area contributed by atoms with E-state index in [1.165, 1.54) is 4.68 Å². The molecule has 0 aliphatic carbocycles. The number of carbonyl (C=O) groups is 1. The van der Waals surface area contributed by atoms with Gasteiger partial charge in [0.2, 0.25) is 5.95 Å². The lowest BCUT2D eigenvalue weighted by Gasteiger charge is -2.13. The van der Waals surface area contributed by atoms with Crippen LogP contribution in [-0.4, -0.2) is 46.9 Å². The second kappa shape index (κ2) is 9.30. The molecule has 2 heterocycles. The lowest BCUT2D eigenvalue weighted by molar-refractivity contribution is 0.0947. The first-order chi connectivity index (χ1) is 15.5. The summed E-state index contributed by atoms with van der Waals surface area (Å²) in [7, 11) is 5.62. The number of methoxy groups -OCH3 is 1. The van der Waals surface area contributed by atoms with E-state index in [4.69, 9.17) is 4.74 Å². The standard InChI is InChI=1S/C24H24N6O2/c1-29(2)20-8-4-17(5-9-20)16-26-24-27-22(18-6-10-21(32-3)11-7-18)28-30(24)23(31)19-12-14-25-15-13-19/h4-15H,16H2,1-3H3,(H,26,27,28). The largest absolute Gasteiger partial charge is 0.497 e. The molecular formula is C24H24N6O2. The molecular weight excluding hydrogens is 404 g/mol. The van der Waals surface area contributed by atoms with Crippen molar-refractivity contribution in [1.29, 1.82) is 0 Å². The average Bonchev–Trinajstić information content (AvgIpc) is 3.27. The number of nitrogens with one attached hydrogen (secondary N) is 1. The Bertz CT molecular complexity index is 1190. The number of pyridine rings is 1. The van der Waals surface area contributed by atoms with E-state index in [2.05, 4.69) is 20.4 Å². The van der Waals surface area contributed by atoms with Crippen LogP contribution in [0.15, 0.2) is 73.1 Å². The molecule has 1 N–H and O–H groups in total. The van der Waals surface area contributed by atoms with Gasteiger partial charge in [0.05, 0.1) is 7.11 Å². The summed E-state index contributed by atoms with van der Waals surface area (Å²) in [5, 5.41) is 7.74. The Labute approximate surface area is 186 Å². The Hall–Kier alpha value is -4.20. The van der Waals surface area contributed by atoms with Crippen molar-refractivity contribution in [3.63, 3.8) is 0 Å². The Morgan fingerprint density at radius 2 is 1.69 bits per heavy atom. The van der Waals surface area contributed by atoms with Gasteiger partial charge in [0.15, 0.2) is 5.82 Å². The van der Waals surface area contributed by atoms with E-state index in [0.29, 0.717) is 23.9 Å². The molecule has 8 heteroatoms. The van der Waals surface area contributed by atoms with Gasteiger partial charge in [-0.2, -0.15) is 9.67 Å². The number of ether oxygens (including phenoxy) is 1. The molecule has 0 bridgehead atoms. The van der Waals surface area contributed by atoms with E-state index in [9.17, 15) is 4.79 Å². The smallest absolute Gasteiger partial charge is 0.281 e. The number of anilines is 2. The minimum absolute atomic E-state index is 0.287. The van der Waals surface area contributed by atoms with Crippen LogP contribution < -0.4 is 15.0 Å². The van der Waals surface area contributed by atoms with E-state index in [0.717, 1.165) is 22.6 Å². The summed E-state index contributed by atoms with van der Waals surface area (Å²) in [4.78, 5) is 23.7. The normalized spacial score (nSPS) is 10.6. The van der Waals surface area contributed by atoms with E-state index >= 15 is 0 Å². The number of carbonyl (C=O) groups excluding carboxylic acids is 1. The molecule has 0 saturated heterocycles. The van der Waals surface area contributed by atoms with Gasteiger partial charge >= 0.3 is 0 Å². The van der Waals surface area contributed by atoms with Crippen molar-refractivity contribution in [3.05, 3.63) is 84.2 Å². The van der Waals surface area contributed by atoms with Crippen molar-refractivity contribution in [3.8, 4) is 17.1 Å². The zero-order chi connectivity index (χ0) is 22.5. The fourth-order valence-corrected chi connectivity index (χ4v) is 3.14. The minimum atomic E-state index is -0.287. The summed E-state index contributed by atoms with van der Waals surface area (Å²) >= 11 is 0. The summed E-state index contributed by atoms with van der Waals surface area (Å²) in [5.74, 6) is 1.26. The highest BCUT2D eigenvalue weighted by molar-refractivity contribution is 5.97. The summed E-state index contributed by atoms with van der Waals surface area (Å²) < 4.78 is 6.51.